The fourth-order valence-corrected chi connectivity index (χ4v) is 2.36. The molecule has 2 atom stereocenters. The largest absolute Gasteiger partial charge is 0.338 e. The van der Waals surface area contributed by atoms with Crippen molar-refractivity contribution in [2.75, 3.05) is 6.54 Å². The maximum atomic E-state index is 11.4. The second kappa shape index (κ2) is 5.99. The summed E-state index contributed by atoms with van der Waals surface area (Å²) in [6.45, 7) is 7.20. The molecule has 1 aliphatic rings. The molecule has 0 aromatic carbocycles. The van der Waals surface area contributed by atoms with Crippen LogP contribution in [-0.2, 0) is 0 Å². The molecule has 1 aliphatic carbocycles. The summed E-state index contributed by atoms with van der Waals surface area (Å²) in [5.74, 6) is 1.52. The van der Waals surface area contributed by atoms with E-state index in [-0.39, 0.29) is 6.03 Å². The van der Waals surface area contributed by atoms with Crippen LogP contribution in [0.1, 0.15) is 46.5 Å². The van der Waals surface area contributed by atoms with Gasteiger partial charge in [-0.1, -0.05) is 26.7 Å². The van der Waals surface area contributed by atoms with E-state index in [0.717, 1.165) is 24.7 Å². The van der Waals surface area contributed by atoms with Crippen LogP contribution in [0.3, 0.4) is 0 Å². The molecule has 0 aliphatic heterocycles. The van der Waals surface area contributed by atoms with E-state index < -0.39 is 0 Å². The van der Waals surface area contributed by atoms with Crippen LogP contribution in [0.5, 0.6) is 0 Å². The molecular weight excluding hydrogens is 188 g/mol. The first-order chi connectivity index (χ1) is 7.13. The van der Waals surface area contributed by atoms with Crippen molar-refractivity contribution in [2.45, 2.75) is 52.5 Å². The Bertz CT molecular complexity index is 204. The van der Waals surface area contributed by atoms with Crippen LogP contribution in [0, 0.1) is 11.8 Å². The maximum Gasteiger partial charge on any atom is 0.314 e. The summed E-state index contributed by atoms with van der Waals surface area (Å²) in [6.07, 6.45) is 4.86. The third kappa shape index (κ3) is 4.10. The minimum absolute atomic E-state index is 0.00749. The van der Waals surface area contributed by atoms with Gasteiger partial charge in [-0.3, -0.25) is 0 Å². The SMILES string of the molecule is CCNC(=O)N[C@@H]1CCC[C@H](C(C)C)C1. The van der Waals surface area contributed by atoms with Gasteiger partial charge in [-0.2, -0.15) is 0 Å². The summed E-state index contributed by atoms with van der Waals surface area (Å²) >= 11 is 0. The number of nitrogens with one attached hydrogen (secondary N) is 2. The Morgan fingerprint density at radius 2 is 2.13 bits per heavy atom. The van der Waals surface area contributed by atoms with E-state index in [1.807, 2.05) is 6.92 Å². The van der Waals surface area contributed by atoms with Gasteiger partial charge in [0, 0.05) is 12.6 Å². The number of hydrogen-bond donors (Lipinski definition) is 2. The first-order valence-electron chi connectivity index (χ1n) is 6.17. The van der Waals surface area contributed by atoms with E-state index in [2.05, 4.69) is 24.5 Å². The molecule has 1 fully saturated rings. The molecular formula is C12H24N2O. The zero-order valence-electron chi connectivity index (χ0n) is 10.2. The van der Waals surface area contributed by atoms with Crippen LogP contribution in [0.25, 0.3) is 0 Å². The molecule has 0 bridgehead atoms. The summed E-state index contributed by atoms with van der Waals surface area (Å²) in [6, 6.07) is 0.379. The molecule has 1 rings (SSSR count). The lowest BCUT2D eigenvalue weighted by molar-refractivity contribution is 0.212. The van der Waals surface area contributed by atoms with Gasteiger partial charge in [-0.15, -0.1) is 0 Å². The minimum atomic E-state index is -0.00749. The lowest BCUT2D eigenvalue weighted by Gasteiger charge is -2.32. The van der Waals surface area contributed by atoms with Gasteiger partial charge in [0.25, 0.3) is 0 Å². The number of carbonyl (C=O) groups excluding carboxylic acids is 1. The Labute approximate surface area is 93.0 Å². The Kier molecular flexibility index (Phi) is 4.92. The van der Waals surface area contributed by atoms with Gasteiger partial charge in [0.05, 0.1) is 0 Å². The lowest BCUT2D eigenvalue weighted by Crippen LogP contribution is -2.44. The average molecular weight is 212 g/mol. The van der Waals surface area contributed by atoms with Crippen LogP contribution < -0.4 is 10.6 Å². The van der Waals surface area contributed by atoms with Crippen molar-refractivity contribution < 1.29 is 4.79 Å². The second-order valence-corrected chi connectivity index (χ2v) is 4.87. The fraction of sp³-hybridized carbons (Fsp3) is 0.917. The van der Waals surface area contributed by atoms with Crippen LogP contribution in [0.15, 0.2) is 0 Å². The van der Waals surface area contributed by atoms with Crippen LogP contribution >= 0.6 is 0 Å². The molecule has 3 heteroatoms. The zero-order valence-corrected chi connectivity index (χ0v) is 10.2. The van der Waals surface area contributed by atoms with Crippen LogP contribution in [-0.4, -0.2) is 18.6 Å². The molecule has 0 aromatic heterocycles. The van der Waals surface area contributed by atoms with Crippen molar-refractivity contribution in [3.8, 4) is 0 Å². The minimum Gasteiger partial charge on any atom is -0.338 e. The van der Waals surface area contributed by atoms with Gasteiger partial charge in [0.2, 0.25) is 0 Å². The van der Waals surface area contributed by atoms with Crippen molar-refractivity contribution in [1.82, 2.24) is 10.6 Å². The average Bonchev–Trinajstić information content (AvgIpc) is 2.18. The fourth-order valence-electron chi connectivity index (χ4n) is 2.36. The van der Waals surface area contributed by atoms with Gasteiger partial charge < -0.3 is 10.6 Å². The predicted octanol–water partition coefficient (Wildman–Crippen LogP) is 2.52. The molecule has 0 spiro atoms. The van der Waals surface area contributed by atoms with Gasteiger partial charge in [-0.05, 0) is 31.6 Å². The highest BCUT2D eigenvalue weighted by Gasteiger charge is 2.24. The van der Waals surface area contributed by atoms with Crippen molar-refractivity contribution in [3.05, 3.63) is 0 Å². The van der Waals surface area contributed by atoms with Gasteiger partial charge in [-0.25, -0.2) is 4.79 Å². The molecule has 2 N–H and O–H groups in total. The number of hydrogen-bond acceptors (Lipinski definition) is 1. The summed E-state index contributed by atoms with van der Waals surface area (Å²) in [5.41, 5.74) is 0. The first-order valence-corrected chi connectivity index (χ1v) is 6.17. The summed E-state index contributed by atoms with van der Waals surface area (Å²) in [4.78, 5) is 11.4. The molecule has 0 aromatic rings. The highest BCUT2D eigenvalue weighted by Crippen LogP contribution is 2.29. The Morgan fingerprint density at radius 3 is 2.73 bits per heavy atom. The van der Waals surface area contributed by atoms with Crippen molar-refractivity contribution in [3.63, 3.8) is 0 Å². The summed E-state index contributed by atoms with van der Waals surface area (Å²) < 4.78 is 0. The second-order valence-electron chi connectivity index (χ2n) is 4.87. The molecule has 2 amide bonds. The van der Waals surface area contributed by atoms with E-state index >= 15 is 0 Å². The quantitative estimate of drug-likeness (QED) is 0.741. The summed E-state index contributed by atoms with van der Waals surface area (Å²) in [5, 5.41) is 5.84. The van der Waals surface area contributed by atoms with E-state index in [1.165, 1.54) is 12.8 Å². The maximum absolute atomic E-state index is 11.4. The molecule has 15 heavy (non-hydrogen) atoms. The van der Waals surface area contributed by atoms with Crippen molar-refractivity contribution >= 4 is 6.03 Å². The smallest absolute Gasteiger partial charge is 0.314 e. The third-order valence-corrected chi connectivity index (χ3v) is 3.33. The molecule has 0 unspecified atom stereocenters. The van der Waals surface area contributed by atoms with Gasteiger partial charge in [0.15, 0.2) is 0 Å². The molecule has 0 saturated heterocycles. The topological polar surface area (TPSA) is 41.1 Å². The van der Waals surface area contributed by atoms with Gasteiger partial charge >= 0.3 is 6.03 Å². The number of amides is 2. The molecule has 0 radical (unpaired) electrons. The number of rotatable bonds is 3. The normalized spacial score (nSPS) is 26.4. The zero-order chi connectivity index (χ0) is 11.3. The molecule has 88 valence electrons. The third-order valence-electron chi connectivity index (χ3n) is 3.33. The Morgan fingerprint density at radius 1 is 1.40 bits per heavy atom. The standard InChI is InChI=1S/C12H24N2O/c1-4-13-12(15)14-11-7-5-6-10(8-11)9(2)3/h9-11H,4-8H2,1-3H3,(H2,13,14,15)/t10-,11+/m0/s1. The summed E-state index contributed by atoms with van der Waals surface area (Å²) in [7, 11) is 0. The highest BCUT2D eigenvalue weighted by molar-refractivity contribution is 5.74. The van der Waals surface area contributed by atoms with Crippen LogP contribution in [0.2, 0.25) is 0 Å². The number of urea groups is 1. The molecule has 3 nitrogen and oxygen atoms in total. The van der Waals surface area contributed by atoms with Crippen LogP contribution in [0.4, 0.5) is 4.79 Å². The predicted molar refractivity (Wildman–Crippen MR) is 62.8 cm³/mol. The van der Waals surface area contributed by atoms with Gasteiger partial charge in [0.1, 0.15) is 0 Å². The van der Waals surface area contributed by atoms with Crippen molar-refractivity contribution in [1.29, 1.82) is 0 Å². The Hall–Kier alpha value is -0.730. The number of carbonyl (C=O) groups is 1. The first kappa shape index (κ1) is 12.3. The Balaban J connectivity index is 2.33. The van der Waals surface area contributed by atoms with E-state index in [4.69, 9.17) is 0 Å². The van der Waals surface area contributed by atoms with E-state index in [1.54, 1.807) is 0 Å². The van der Waals surface area contributed by atoms with Crippen molar-refractivity contribution in [2.24, 2.45) is 11.8 Å². The van der Waals surface area contributed by atoms with E-state index in [9.17, 15) is 4.79 Å². The molecule has 0 heterocycles. The van der Waals surface area contributed by atoms with E-state index in [0.29, 0.717) is 12.6 Å². The molecule has 1 saturated carbocycles. The lowest BCUT2D eigenvalue weighted by atomic mass is 9.79. The highest BCUT2D eigenvalue weighted by atomic mass is 16.2. The monoisotopic (exact) mass is 212 g/mol.